The predicted molar refractivity (Wildman–Crippen MR) is 81.9 cm³/mol. The van der Waals surface area contributed by atoms with E-state index in [0.29, 0.717) is 6.61 Å². The van der Waals surface area contributed by atoms with Gasteiger partial charge in [-0.15, -0.1) is 0 Å². The van der Waals surface area contributed by atoms with Gasteiger partial charge in [-0.25, -0.2) is 9.67 Å². The summed E-state index contributed by atoms with van der Waals surface area (Å²) in [5, 5.41) is 7.46. The Hall–Kier alpha value is -2.14. The van der Waals surface area contributed by atoms with Crippen molar-refractivity contribution >= 4 is 5.57 Å². The number of aryl methyl sites for hydroxylation is 1. The fourth-order valence-corrected chi connectivity index (χ4v) is 2.46. The van der Waals surface area contributed by atoms with Crippen LogP contribution in [0.5, 0.6) is 5.75 Å². The lowest BCUT2D eigenvalue weighted by molar-refractivity contribution is 0.287. The van der Waals surface area contributed by atoms with E-state index in [1.165, 1.54) is 11.1 Å². The standard InChI is InChI=1S/C16H20N4O/c1-2-20-16(18-12-19-20)11-21-15-5-3-13(4-6-15)14-7-9-17-10-8-14/h3-7,12,17H,2,8-11H2,1H3. The van der Waals surface area contributed by atoms with Crippen LogP contribution < -0.4 is 10.1 Å². The van der Waals surface area contributed by atoms with Crippen LogP contribution in [0.3, 0.4) is 0 Å². The molecule has 0 spiro atoms. The first kappa shape index (κ1) is 13.8. The van der Waals surface area contributed by atoms with E-state index in [2.05, 4.69) is 33.6 Å². The van der Waals surface area contributed by atoms with E-state index in [1.54, 1.807) is 6.33 Å². The number of ether oxygens (including phenoxy) is 1. The molecule has 2 heterocycles. The number of hydrogen-bond acceptors (Lipinski definition) is 4. The minimum Gasteiger partial charge on any atom is -0.486 e. The van der Waals surface area contributed by atoms with Crippen LogP contribution in [0.1, 0.15) is 24.7 Å². The lowest BCUT2D eigenvalue weighted by Gasteiger charge is -2.14. The van der Waals surface area contributed by atoms with Crippen LogP contribution in [0.2, 0.25) is 0 Å². The summed E-state index contributed by atoms with van der Waals surface area (Å²) < 4.78 is 7.62. The summed E-state index contributed by atoms with van der Waals surface area (Å²) in [5.74, 6) is 1.71. The molecular formula is C16H20N4O. The van der Waals surface area contributed by atoms with Gasteiger partial charge in [0.1, 0.15) is 18.7 Å². The van der Waals surface area contributed by atoms with Crippen LogP contribution in [-0.2, 0) is 13.2 Å². The molecule has 2 aromatic rings. The second-order valence-electron chi connectivity index (χ2n) is 4.99. The largest absolute Gasteiger partial charge is 0.486 e. The molecule has 5 nitrogen and oxygen atoms in total. The molecule has 1 aromatic carbocycles. The third-order valence-corrected chi connectivity index (χ3v) is 3.65. The van der Waals surface area contributed by atoms with Crippen LogP contribution in [0.15, 0.2) is 36.7 Å². The highest BCUT2D eigenvalue weighted by atomic mass is 16.5. The van der Waals surface area contributed by atoms with Crippen molar-refractivity contribution in [1.29, 1.82) is 0 Å². The SMILES string of the molecule is CCn1ncnc1COc1ccc(C2=CCNCC2)cc1. The zero-order valence-corrected chi connectivity index (χ0v) is 12.2. The molecule has 0 aliphatic carbocycles. The van der Waals surface area contributed by atoms with Gasteiger partial charge in [0.15, 0.2) is 5.82 Å². The molecule has 0 radical (unpaired) electrons. The number of nitrogens with one attached hydrogen (secondary N) is 1. The van der Waals surface area contributed by atoms with Gasteiger partial charge >= 0.3 is 0 Å². The number of benzene rings is 1. The third-order valence-electron chi connectivity index (χ3n) is 3.65. The van der Waals surface area contributed by atoms with Gasteiger partial charge in [-0.2, -0.15) is 5.10 Å². The fraction of sp³-hybridized carbons (Fsp3) is 0.375. The van der Waals surface area contributed by atoms with Crippen molar-refractivity contribution in [2.75, 3.05) is 13.1 Å². The van der Waals surface area contributed by atoms with Gasteiger partial charge in [-0.1, -0.05) is 18.2 Å². The van der Waals surface area contributed by atoms with Crippen molar-refractivity contribution in [2.24, 2.45) is 0 Å². The zero-order chi connectivity index (χ0) is 14.5. The summed E-state index contributed by atoms with van der Waals surface area (Å²) in [7, 11) is 0. The zero-order valence-electron chi connectivity index (χ0n) is 12.2. The summed E-state index contributed by atoms with van der Waals surface area (Å²) in [6.07, 6.45) is 4.90. The summed E-state index contributed by atoms with van der Waals surface area (Å²) >= 11 is 0. The average Bonchev–Trinajstić information content (AvgIpc) is 3.02. The van der Waals surface area contributed by atoms with Gasteiger partial charge in [-0.3, -0.25) is 0 Å². The Morgan fingerprint density at radius 1 is 1.29 bits per heavy atom. The van der Waals surface area contributed by atoms with E-state index in [-0.39, 0.29) is 0 Å². The lowest BCUT2D eigenvalue weighted by atomic mass is 10.0. The number of rotatable bonds is 5. The molecule has 0 fully saturated rings. The van der Waals surface area contributed by atoms with Crippen LogP contribution in [-0.4, -0.2) is 27.9 Å². The van der Waals surface area contributed by atoms with E-state index >= 15 is 0 Å². The summed E-state index contributed by atoms with van der Waals surface area (Å²) in [5.41, 5.74) is 2.69. The minimum absolute atomic E-state index is 0.444. The van der Waals surface area contributed by atoms with E-state index in [0.717, 1.165) is 37.6 Å². The Morgan fingerprint density at radius 2 is 2.14 bits per heavy atom. The number of aromatic nitrogens is 3. The van der Waals surface area contributed by atoms with Gasteiger partial charge in [0.25, 0.3) is 0 Å². The Morgan fingerprint density at radius 3 is 2.86 bits per heavy atom. The molecule has 1 aromatic heterocycles. The van der Waals surface area contributed by atoms with Crippen molar-refractivity contribution in [3.8, 4) is 5.75 Å². The van der Waals surface area contributed by atoms with Gasteiger partial charge in [0, 0.05) is 13.1 Å². The molecule has 0 atom stereocenters. The van der Waals surface area contributed by atoms with Gasteiger partial charge < -0.3 is 10.1 Å². The van der Waals surface area contributed by atoms with Gasteiger partial charge in [0.05, 0.1) is 0 Å². The lowest BCUT2D eigenvalue weighted by Crippen LogP contribution is -2.19. The highest BCUT2D eigenvalue weighted by Crippen LogP contribution is 2.22. The summed E-state index contributed by atoms with van der Waals surface area (Å²) in [6.45, 7) is 5.30. The Labute approximate surface area is 124 Å². The fourth-order valence-electron chi connectivity index (χ4n) is 2.46. The van der Waals surface area contributed by atoms with E-state index in [4.69, 9.17) is 4.74 Å². The molecule has 5 heteroatoms. The first-order chi connectivity index (χ1) is 10.4. The molecule has 0 unspecified atom stereocenters. The van der Waals surface area contributed by atoms with Gasteiger partial charge in [-0.05, 0) is 43.2 Å². The average molecular weight is 284 g/mol. The predicted octanol–water partition coefficient (Wildman–Crippen LogP) is 2.25. The second-order valence-corrected chi connectivity index (χ2v) is 4.99. The maximum absolute atomic E-state index is 5.78. The first-order valence-corrected chi connectivity index (χ1v) is 7.36. The Balaban J connectivity index is 1.63. The molecule has 3 rings (SSSR count). The maximum Gasteiger partial charge on any atom is 0.164 e. The molecule has 0 saturated carbocycles. The monoisotopic (exact) mass is 284 g/mol. The highest BCUT2D eigenvalue weighted by molar-refractivity contribution is 5.67. The molecule has 0 amide bonds. The summed E-state index contributed by atoms with van der Waals surface area (Å²) in [4.78, 5) is 4.20. The highest BCUT2D eigenvalue weighted by Gasteiger charge is 2.07. The smallest absolute Gasteiger partial charge is 0.164 e. The van der Waals surface area contributed by atoms with Crippen LogP contribution in [0, 0.1) is 0 Å². The van der Waals surface area contributed by atoms with Crippen LogP contribution >= 0.6 is 0 Å². The first-order valence-electron chi connectivity index (χ1n) is 7.36. The molecule has 1 aliphatic heterocycles. The second kappa shape index (κ2) is 6.54. The number of nitrogens with zero attached hydrogens (tertiary/aromatic N) is 3. The van der Waals surface area contributed by atoms with Crippen molar-refractivity contribution in [3.63, 3.8) is 0 Å². The molecule has 110 valence electrons. The molecule has 1 aliphatic rings. The van der Waals surface area contributed by atoms with Crippen LogP contribution in [0.25, 0.3) is 5.57 Å². The Bertz CT molecular complexity index is 615. The van der Waals surface area contributed by atoms with Gasteiger partial charge in [0.2, 0.25) is 0 Å². The van der Waals surface area contributed by atoms with Crippen molar-refractivity contribution in [2.45, 2.75) is 26.5 Å². The molecule has 0 bridgehead atoms. The molecule has 1 N–H and O–H groups in total. The molecule has 0 saturated heterocycles. The topological polar surface area (TPSA) is 52.0 Å². The van der Waals surface area contributed by atoms with Crippen molar-refractivity contribution < 1.29 is 4.74 Å². The van der Waals surface area contributed by atoms with Crippen molar-refractivity contribution in [3.05, 3.63) is 48.1 Å². The molecule has 21 heavy (non-hydrogen) atoms. The molecular weight excluding hydrogens is 264 g/mol. The third kappa shape index (κ3) is 3.31. The maximum atomic E-state index is 5.78. The van der Waals surface area contributed by atoms with E-state index < -0.39 is 0 Å². The quantitative estimate of drug-likeness (QED) is 0.915. The minimum atomic E-state index is 0.444. The van der Waals surface area contributed by atoms with E-state index in [9.17, 15) is 0 Å². The van der Waals surface area contributed by atoms with Crippen molar-refractivity contribution in [1.82, 2.24) is 20.1 Å². The number of hydrogen-bond donors (Lipinski definition) is 1. The van der Waals surface area contributed by atoms with Crippen LogP contribution in [0.4, 0.5) is 0 Å². The van der Waals surface area contributed by atoms with E-state index in [1.807, 2.05) is 23.7 Å². The Kier molecular flexibility index (Phi) is 4.31. The normalized spacial score (nSPS) is 14.8. The summed E-state index contributed by atoms with van der Waals surface area (Å²) in [6, 6.07) is 8.28.